The second-order valence-corrected chi connectivity index (χ2v) is 5.38. The van der Waals surface area contributed by atoms with Crippen molar-refractivity contribution in [1.82, 2.24) is 0 Å². The molecule has 0 fully saturated rings. The number of benzene rings is 4. The molecule has 0 heterocycles. The maximum Gasteiger partial charge on any atom is 0.184 e. The van der Waals surface area contributed by atoms with E-state index in [9.17, 15) is 0 Å². The van der Waals surface area contributed by atoms with Crippen LogP contribution in [0, 0.1) is 5.41 Å². The predicted octanol–water partition coefficient (Wildman–Crippen LogP) is 4.75. The molecule has 4 aromatic carbocycles. The third-order valence-electron chi connectivity index (χ3n) is 4.22. The van der Waals surface area contributed by atoms with Crippen LogP contribution in [0.1, 0.15) is 5.56 Å². The molecule has 2 nitrogen and oxygen atoms in total. The number of nitrogens with one attached hydrogen (secondary N) is 1. The summed E-state index contributed by atoms with van der Waals surface area (Å²) in [5.74, 6) is 0.296. The average Bonchev–Trinajstić information content (AvgIpc) is 2.53. The van der Waals surface area contributed by atoms with Gasteiger partial charge in [0.15, 0.2) is 5.90 Å². The zero-order chi connectivity index (χ0) is 14.4. The van der Waals surface area contributed by atoms with Crippen LogP contribution >= 0.6 is 0 Å². The molecule has 0 aliphatic heterocycles. The molecular weight excluding hydrogens is 258 g/mol. The molecular formula is C19H15NO. The second-order valence-electron chi connectivity index (χ2n) is 5.38. The fraction of sp³-hybridized carbons (Fsp3) is 0.105. The van der Waals surface area contributed by atoms with Crippen LogP contribution in [0.25, 0.3) is 32.3 Å². The monoisotopic (exact) mass is 273 g/mol. The summed E-state index contributed by atoms with van der Waals surface area (Å²) in [7, 11) is 1.55. The minimum absolute atomic E-state index is 0.296. The van der Waals surface area contributed by atoms with Crippen molar-refractivity contribution in [3.05, 3.63) is 60.2 Å². The summed E-state index contributed by atoms with van der Waals surface area (Å²) >= 11 is 0. The molecule has 21 heavy (non-hydrogen) atoms. The van der Waals surface area contributed by atoms with Crippen molar-refractivity contribution in [1.29, 1.82) is 5.41 Å². The molecule has 0 radical (unpaired) electrons. The van der Waals surface area contributed by atoms with E-state index in [4.69, 9.17) is 10.1 Å². The molecule has 0 aromatic heterocycles. The van der Waals surface area contributed by atoms with Gasteiger partial charge < -0.3 is 4.74 Å². The van der Waals surface area contributed by atoms with Gasteiger partial charge >= 0.3 is 0 Å². The quantitative estimate of drug-likeness (QED) is 0.319. The number of hydrogen-bond donors (Lipinski definition) is 1. The molecule has 0 spiro atoms. The number of ether oxygens (including phenoxy) is 1. The summed E-state index contributed by atoms with van der Waals surface area (Å²) in [6.07, 6.45) is 0.532. The van der Waals surface area contributed by atoms with Crippen LogP contribution in [-0.4, -0.2) is 13.0 Å². The third kappa shape index (κ3) is 1.76. The number of methoxy groups -OCH3 is 1. The van der Waals surface area contributed by atoms with Gasteiger partial charge in [-0.05, 0) is 37.9 Å². The summed E-state index contributed by atoms with van der Waals surface area (Å²) < 4.78 is 5.03. The maximum atomic E-state index is 7.79. The molecule has 102 valence electrons. The minimum atomic E-state index is 0.296. The first kappa shape index (κ1) is 12.2. The Labute approximate surface area is 122 Å². The van der Waals surface area contributed by atoms with E-state index in [2.05, 4.69) is 54.6 Å². The van der Waals surface area contributed by atoms with Crippen molar-refractivity contribution < 1.29 is 4.74 Å². The SMILES string of the molecule is COC(=N)Cc1ccc2ccc3cccc4ccc1c2c34. The second kappa shape index (κ2) is 4.45. The first-order valence-electron chi connectivity index (χ1n) is 7.05. The fourth-order valence-electron chi connectivity index (χ4n) is 3.20. The molecule has 0 bridgehead atoms. The Bertz CT molecular complexity index is 955. The van der Waals surface area contributed by atoms with Crippen molar-refractivity contribution in [3.8, 4) is 0 Å². The van der Waals surface area contributed by atoms with Crippen LogP contribution < -0.4 is 0 Å². The summed E-state index contributed by atoms with van der Waals surface area (Å²) in [4.78, 5) is 0. The largest absolute Gasteiger partial charge is 0.484 e. The van der Waals surface area contributed by atoms with E-state index in [-0.39, 0.29) is 0 Å². The van der Waals surface area contributed by atoms with Crippen molar-refractivity contribution in [2.75, 3.05) is 7.11 Å². The first-order chi connectivity index (χ1) is 10.3. The lowest BCUT2D eigenvalue weighted by Crippen LogP contribution is -2.04. The number of rotatable bonds is 2. The van der Waals surface area contributed by atoms with Crippen LogP contribution in [-0.2, 0) is 11.2 Å². The van der Waals surface area contributed by atoms with Gasteiger partial charge in [0.05, 0.1) is 7.11 Å². The Morgan fingerprint density at radius 1 is 0.857 bits per heavy atom. The zero-order valence-corrected chi connectivity index (χ0v) is 11.8. The Morgan fingerprint density at radius 2 is 1.48 bits per heavy atom. The van der Waals surface area contributed by atoms with E-state index in [0.29, 0.717) is 12.3 Å². The van der Waals surface area contributed by atoms with Crippen molar-refractivity contribution in [2.45, 2.75) is 6.42 Å². The Kier molecular flexibility index (Phi) is 2.58. The Morgan fingerprint density at radius 3 is 2.19 bits per heavy atom. The molecule has 2 heteroatoms. The van der Waals surface area contributed by atoms with E-state index in [1.54, 1.807) is 7.11 Å². The van der Waals surface area contributed by atoms with Crippen LogP contribution in [0.3, 0.4) is 0 Å². The van der Waals surface area contributed by atoms with Crippen molar-refractivity contribution in [2.24, 2.45) is 0 Å². The van der Waals surface area contributed by atoms with E-state index in [1.807, 2.05) is 0 Å². The van der Waals surface area contributed by atoms with Gasteiger partial charge in [0, 0.05) is 6.42 Å². The van der Waals surface area contributed by atoms with Gasteiger partial charge in [0.1, 0.15) is 0 Å². The van der Waals surface area contributed by atoms with E-state index in [0.717, 1.165) is 5.56 Å². The Balaban J connectivity index is 2.13. The molecule has 0 amide bonds. The zero-order valence-electron chi connectivity index (χ0n) is 11.8. The van der Waals surface area contributed by atoms with E-state index >= 15 is 0 Å². The lowest BCUT2D eigenvalue weighted by molar-refractivity contribution is 0.390. The fourth-order valence-corrected chi connectivity index (χ4v) is 3.20. The van der Waals surface area contributed by atoms with Gasteiger partial charge in [-0.25, -0.2) is 0 Å². The van der Waals surface area contributed by atoms with E-state index < -0.39 is 0 Å². The molecule has 0 saturated carbocycles. The topological polar surface area (TPSA) is 33.1 Å². The highest BCUT2D eigenvalue weighted by atomic mass is 16.5. The van der Waals surface area contributed by atoms with E-state index in [1.165, 1.54) is 32.3 Å². The lowest BCUT2D eigenvalue weighted by atomic mass is 9.91. The predicted molar refractivity (Wildman–Crippen MR) is 88.6 cm³/mol. The van der Waals surface area contributed by atoms with Gasteiger partial charge in [0.2, 0.25) is 0 Å². The Hall–Kier alpha value is -2.61. The highest BCUT2D eigenvalue weighted by Gasteiger charge is 2.11. The summed E-state index contributed by atoms with van der Waals surface area (Å²) in [6.45, 7) is 0. The minimum Gasteiger partial charge on any atom is -0.484 e. The van der Waals surface area contributed by atoms with Crippen molar-refractivity contribution >= 4 is 38.2 Å². The molecule has 0 saturated heterocycles. The van der Waals surface area contributed by atoms with Crippen LogP contribution in [0.15, 0.2) is 54.6 Å². The summed E-state index contributed by atoms with van der Waals surface area (Å²) in [6, 6.07) is 19.4. The van der Waals surface area contributed by atoms with Crippen LogP contribution in [0.2, 0.25) is 0 Å². The smallest absolute Gasteiger partial charge is 0.184 e. The van der Waals surface area contributed by atoms with Gasteiger partial charge in [-0.15, -0.1) is 0 Å². The molecule has 0 aliphatic carbocycles. The summed E-state index contributed by atoms with van der Waals surface area (Å²) in [5.41, 5.74) is 1.15. The van der Waals surface area contributed by atoms with Gasteiger partial charge in [-0.1, -0.05) is 54.6 Å². The lowest BCUT2D eigenvalue weighted by Gasteiger charge is -2.13. The standard InChI is InChI=1S/C19H15NO/c1-21-17(20)11-15-8-7-14-6-5-12-3-2-4-13-9-10-16(15)19(14)18(12)13/h2-10,20H,11H2,1H3. The molecule has 0 atom stereocenters. The molecule has 0 aliphatic rings. The number of hydrogen-bond acceptors (Lipinski definition) is 2. The van der Waals surface area contributed by atoms with Gasteiger partial charge in [0.25, 0.3) is 0 Å². The first-order valence-corrected chi connectivity index (χ1v) is 7.05. The molecule has 4 aromatic rings. The summed E-state index contributed by atoms with van der Waals surface area (Å²) in [5, 5.41) is 15.4. The van der Waals surface area contributed by atoms with Gasteiger partial charge in [-0.3, -0.25) is 5.41 Å². The molecule has 4 rings (SSSR count). The van der Waals surface area contributed by atoms with Crippen molar-refractivity contribution in [3.63, 3.8) is 0 Å². The maximum absolute atomic E-state index is 7.79. The highest BCUT2D eigenvalue weighted by molar-refractivity contribution is 6.23. The molecule has 1 N–H and O–H groups in total. The highest BCUT2D eigenvalue weighted by Crippen LogP contribution is 2.35. The average molecular weight is 273 g/mol. The van der Waals surface area contributed by atoms with Crippen LogP contribution in [0.4, 0.5) is 0 Å². The normalized spacial score (nSPS) is 11.5. The van der Waals surface area contributed by atoms with Gasteiger partial charge in [-0.2, -0.15) is 0 Å². The third-order valence-corrected chi connectivity index (χ3v) is 4.22. The van der Waals surface area contributed by atoms with Crippen LogP contribution in [0.5, 0.6) is 0 Å². The molecule has 0 unspecified atom stereocenters.